The Balaban J connectivity index is 1.36. The molecule has 0 bridgehead atoms. The van der Waals surface area contributed by atoms with Crippen LogP contribution in [-0.2, 0) is 14.3 Å². The lowest BCUT2D eigenvalue weighted by Gasteiger charge is -2.59. The Morgan fingerprint density at radius 3 is 2.72 bits per heavy atom. The van der Waals surface area contributed by atoms with Gasteiger partial charge in [0.1, 0.15) is 16.9 Å². The standard InChI is InChI=1S/C28H33NO7/c1-26-9-7-17(30)11-15(26)3-5-18-20-8-10-28(35,27(20,2)13-22(32)24(18)26)23(33)14-36-25(34)19-12-16(29)4-6-21(19)31/h4,6-7,9,11-12,18,20,22,24,31-32,35H,3,5,8,10,13-14,29H2,1-2H3/t18-,20-,22?,24+,26-,27-,28-/m0/s1. The van der Waals surface area contributed by atoms with Crippen LogP contribution in [-0.4, -0.2) is 51.2 Å². The number of benzene rings is 1. The first-order valence-corrected chi connectivity index (χ1v) is 12.5. The normalized spacial score (nSPS) is 39.0. The van der Waals surface area contributed by atoms with E-state index in [4.69, 9.17) is 10.5 Å². The van der Waals surface area contributed by atoms with Crippen LogP contribution < -0.4 is 5.73 Å². The Labute approximate surface area is 209 Å². The number of phenolic OH excluding ortho intramolecular Hbond substituents is 1. The number of anilines is 1. The predicted octanol–water partition coefficient (Wildman–Crippen LogP) is 2.71. The summed E-state index contributed by atoms with van der Waals surface area (Å²) >= 11 is 0. The smallest absolute Gasteiger partial charge is 0.342 e. The van der Waals surface area contributed by atoms with Crippen molar-refractivity contribution in [3.63, 3.8) is 0 Å². The van der Waals surface area contributed by atoms with E-state index < -0.39 is 40.9 Å². The van der Waals surface area contributed by atoms with Crippen molar-refractivity contribution in [1.82, 2.24) is 0 Å². The van der Waals surface area contributed by atoms with Gasteiger partial charge >= 0.3 is 5.97 Å². The number of allylic oxidation sites excluding steroid dienone is 4. The lowest BCUT2D eigenvalue weighted by atomic mass is 9.46. The highest BCUT2D eigenvalue weighted by Gasteiger charge is 2.68. The van der Waals surface area contributed by atoms with Crippen LogP contribution in [0.2, 0.25) is 0 Å². The molecule has 3 saturated carbocycles. The third kappa shape index (κ3) is 3.45. The minimum Gasteiger partial charge on any atom is -0.507 e. The molecule has 0 saturated heterocycles. The van der Waals surface area contributed by atoms with E-state index in [2.05, 4.69) is 6.92 Å². The molecule has 3 fully saturated rings. The number of esters is 1. The SMILES string of the molecule is C[C@]12C=CC(=O)C=C1CC[C@@H]1[C@@H]2C(O)C[C@@]2(C)[C@H]1CC[C@]2(O)C(=O)COC(=O)c1cc(N)ccc1O. The maximum Gasteiger partial charge on any atom is 0.342 e. The van der Waals surface area contributed by atoms with Gasteiger partial charge in [-0.25, -0.2) is 4.79 Å². The van der Waals surface area contributed by atoms with E-state index >= 15 is 0 Å². The Kier molecular flexibility index (Phi) is 5.68. The molecule has 0 amide bonds. The summed E-state index contributed by atoms with van der Waals surface area (Å²) in [6.45, 7) is 3.29. The molecule has 4 aliphatic carbocycles. The third-order valence-corrected chi connectivity index (χ3v) is 9.68. The van der Waals surface area contributed by atoms with Crippen LogP contribution in [0.4, 0.5) is 5.69 Å². The highest BCUT2D eigenvalue weighted by molar-refractivity contribution is 6.01. The molecule has 8 nitrogen and oxygen atoms in total. The average Bonchev–Trinajstić information content (AvgIpc) is 3.10. The van der Waals surface area contributed by atoms with Crippen LogP contribution in [0.25, 0.3) is 0 Å². The zero-order chi connectivity index (χ0) is 26.0. The summed E-state index contributed by atoms with van der Waals surface area (Å²) in [5.41, 5.74) is 3.76. The number of aliphatic hydroxyl groups excluding tert-OH is 1. The van der Waals surface area contributed by atoms with Crippen LogP contribution in [0.3, 0.4) is 0 Å². The van der Waals surface area contributed by atoms with E-state index in [0.29, 0.717) is 6.42 Å². The largest absolute Gasteiger partial charge is 0.507 e. The van der Waals surface area contributed by atoms with Gasteiger partial charge in [0, 0.05) is 22.4 Å². The number of carbonyl (C=O) groups is 3. The van der Waals surface area contributed by atoms with Crippen molar-refractivity contribution in [2.45, 2.75) is 57.7 Å². The molecule has 0 aromatic heterocycles. The second kappa shape index (κ2) is 8.28. The number of hydrogen-bond donors (Lipinski definition) is 4. The first-order chi connectivity index (χ1) is 16.9. The lowest BCUT2D eigenvalue weighted by Crippen LogP contribution is -2.61. The molecule has 0 radical (unpaired) electrons. The maximum absolute atomic E-state index is 13.4. The number of nitrogens with two attached hydrogens (primary N) is 1. The summed E-state index contributed by atoms with van der Waals surface area (Å²) in [7, 11) is 0. The fourth-order valence-corrected chi connectivity index (χ4v) is 7.83. The topological polar surface area (TPSA) is 147 Å². The molecule has 5 rings (SSSR count). The van der Waals surface area contributed by atoms with E-state index in [1.165, 1.54) is 18.2 Å². The third-order valence-electron chi connectivity index (χ3n) is 9.68. The first kappa shape index (κ1) is 24.7. The van der Waals surface area contributed by atoms with Crippen molar-refractivity contribution in [2.75, 3.05) is 12.3 Å². The molecule has 7 atom stereocenters. The Morgan fingerprint density at radius 2 is 1.97 bits per heavy atom. The molecule has 192 valence electrons. The number of carbonyl (C=O) groups excluding carboxylic acids is 3. The average molecular weight is 496 g/mol. The number of Topliss-reactive ketones (excluding diaryl/α,β-unsaturated/α-hetero) is 1. The zero-order valence-corrected chi connectivity index (χ0v) is 20.6. The molecule has 1 unspecified atom stereocenters. The number of aromatic hydroxyl groups is 1. The monoisotopic (exact) mass is 495 g/mol. The van der Waals surface area contributed by atoms with Gasteiger partial charge in [0.05, 0.1) is 6.10 Å². The van der Waals surface area contributed by atoms with Crippen molar-refractivity contribution in [3.05, 3.63) is 47.6 Å². The fourth-order valence-electron chi connectivity index (χ4n) is 7.83. The number of hydrogen-bond acceptors (Lipinski definition) is 8. The van der Waals surface area contributed by atoms with Gasteiger partial charge in [0.15, 0.2) is 12.4 Å². The van der Waals surface area contributed by atoms with Gasteiger partial charge in [-0.1, -0.05) is 25.5 Å². The summed E-state index contributed by atoms with van der Waals surface area (Å²) in [5.74, 6) is -1.89. The van der Waals surface area contributed by atoms with E-state index in [9.17, 15) is 29.7 Å². The van der Waals surface area contributed by atoms with Gasteiger partial charge in [0.25, 0.3) is 0 Å². The molecule has 1 aromatic rings. The number of rotatable bonds is 4. The van der Waals surface area contributed by atoms with Gasteiger partial charge in [-0.15, -0.1) is 0 Å². The Hall–Kier alpha value is -2.97. The summed E-state index contributed by atoms with van der Waals surface area (Å²) in [6, 6.07) is 3.97. The van der Waals surface area contributed by atoms with Crippen LogP contribution >= 0.6 is 0 Å². The molecule has 5 N–H and O–H groups in total. The minimum atomic E-state index is -1.75. The van der Waals surface area contributed by atoms with Gasteiger partial charge in [-0.05, 0) is 74.3 Å². The second-order valence-corrected chi connectivity index (χ2v) is 11.4. The number of nitrogen functional groups attached to an aromatic ring is 1. The van der Waals surface area contributed by atoms with Crippen molar-refractivity contribution < 1.29 is 34.4 Å². The summed E-state index contributed by atoms with van der Waals surface area (Å²) < 4.78 is 5.18. The number of phenols is 1. The number of aliphatic hydroxyl groups is 2. The quantitative estimate of drug-likeness (QED) is 0.283. The highest BCUT2D eigenvalue weighted by atomic mass is 16.5. The molecule has 1 aromatic carbocycles. The maximum atomic E-state index is 13.4. The van der Waals surface area contributed by atoms with Crippen LogP contribution in [0.15, 0.2) is 42.0 Å². The van der Waals surface area contributed by atoms with Crippen molar-refractivity contribution >= 4 is 23.2 Å². The van der Waals surface area contributed by atoms with Gasteiger partial charge in [-0.2, -0.15) is 0 Å². The van der Waals surface area contributed by atoms with Gasteiger partial charge < -0.3 is 25.8 Å². The molecular formula is C28H33NO7. The molecule has 0 spiro atoms. The van der Waals surface area contributed by atoms with Crippen molar-refractivity contribution in [2.24, 2.45) is 28.6 Å². The van der Waals surface area contributed by atoms with Crippen LogP contribution in [0.1, 0.15) is 56.3 Å². The highest BCUT2D eigenvalue weighted by Crippen LogP contribution is 2.67. The summed E-state index contributed by atoms with van der Waals surface area (Å²) in [6.07, 6.45) is 7.00. The fraction of sp³-hybridized carbons (Fsp3) is 0.536. The number of ketones is 2. The molecule has 8 heteroatoms. The predicted molar refractivity (Wildman–Crippen MR) is 131 cm³/mol. The van der Waals surface area contributed by atoms with Crippen LogP contribution in [0.5, 0.6) is 5.75 Å². The molecule has 0 aliphatic heterocycles. The Morgan fingerprint density at radius 1 is 1.22 bits per heavy atom. The minimum absolute atomic E-state index is 0.00193. The molecule has 36 heavy (non-hydrogen) atoms. The second-order valence-electron chi connectivity index (χ2n) is 11.4. The lowest BCUT2D eigenvalue weighted by molar-refractivity contribution is -0.178. The molecule has 4 aliphatic rings. The van der Waals surface area contributed by atoms with Crippen LogP contribution in [0, 0.1) is 28.6 Å². The van der Waals surface area contributed by atoms with E-state index in [0.717, 1.165) is 18.4 Å². The number of fused-ring (bicyclic) bond motifs is 5. The van der Waals surface area contributed by atoms with Gasteiger partial charge in [0.2, 0.25) is 5.78 Å². The Bertz CT molecular complexity index is 1200. The molecule has 0 heterocycles. The number of ether oxygens (including phenoxy) is 1. The summed E-state index contributed by atoms with van der Waals surface area (Å²) in [5, 5.41) is 33.1. The first-order valence-electron chi connectivity index (χ1n) is 12.5. The summed E-state index contributed by atoms with van der Waals surface area (Å²) in [4.78, 5) is 37.8. The molecular weight excluding hydrogens is 462 g/mol. The van der Waals surface area contributed by atoms with Gasteiger partial charge in [-0.3, -0.25) is 9.59 Å². The van der Waals surface area contributed by atoms with E-state index in [1.54, 1.807) is 12.2 Å². The van der Waals surface area contributed by atoms with E-state index in [1.807, 2.05) is 13.0 Å². The van der Waals surface area contributed by atoms with Crippen molar-refractivity contribution in [3.8, 4) is 5.75 Å². The van der Waals surface area contributed by atoms with E-state index in [-0.39, 0.29) is 53.4 Å². The van der Waals surface area contributed by atoms with Crippen molar-refractivity contribution in [1.29, 1.82) is 0 Å². The zero-order valence-electron chi connectivity index (χ0n) is 20.6.